The van der Waals surface area contributed by atoms with Crippen LogP contribution in [0.2, 0.25) is 0 Å². The van der Waals surface area contributed by atoms with Gasteiger partial charge in [-0.25, -0.2) is 0 Å². The Kier molecular flexibility index (Phi) is 4.04. The quantitative estimate of drug-likeness (QED) is 0.651. The molecule has 2 nitrogen and oxygen atoms in total. The van der Waals surface area contributed by atoms with E-state index in [1.54, 1.807) is 0 Å². The van der Waals surface area contributed by atoms with Crippen molar-refractivity contribution >= 4 is 0 Å². The first-order chi connectivity index (χ1) is 4.96. The molecule has 2 heteroatoms. The van der Waals surface area contributed by atoms with Crippen LogP contribution < -0.4 is 11.5 Å². The van der Waals surface area contributed by atoms with Crippen molar-refractivity contribution in [3.8, 4) is 0 Å². The normalized spacial score (nSPS) is 22.4. The summed E-state index contributed by atoms with van der Waals surface area (Å²) in [5.41, 5.74) is 11.8. The minimum Gasteiger partial charge on any atom is -0.326 e. The molecule has 68 valence electrons. The zero-order valence-electron chi connectivity index (χ0n) is 8.22. The van der Waals surface area contributed by atoms with Gasteiger partial charge in [-0.05, 0) is 19.3 Å². The Morgan fingerprint density at radius 1 is 1.27 bits per heavy atom. The fourth-order valence-electron chi connectivity index (χ4n) is 1.25. The molecule has 0 radical (unpaired) electrons. The van der Waals surface area contributed by atoms with Crippen LogP contribution in [-0.2, 0) is 0 Å². The Morgan fingerprint density at radius 2 is 1.73 bits per heavy atom. The van der Waals surface area contributed by atoms with E-state index in [2.05, 4.69) is 27.7 Å². The van der Waals surface area contributed by atoms with E-state index in [4.69, 9.17) is 11.5 Å². The number of hydrogen-bond acceptors (Lipinski definition) is 2. The topological polar surface area (TPSA) is 52.0 Å². The summed E-state index contributed by atoms with van der Waals surface area (Å²) in [5, 5.41) is 0. The average Bonchev–Trinajstić information content (AvgIpc) is 2.01. The van der Waals surface area contributed by atoms with Crippen LogP contribution in [0.25, 0.3) is 0 Å². The second kappa shape index (κ2) is 4.07. The van der Waals surface area contributed by atoms with Crippen molar-refractivity contribution in [3.05, 3.63) is 0 Å². The van der Waals surface area contributed by atoms with E-state index in [-0.39, 0.29) is 11.6 Å². The largest absolute Gasteiger partial charge is 0.326 e. The summed E-state index contributed by atoms with van der Waals surface area (Å²) in [6.07, 6.45) is 2.05. The van der Waals surface area contributed by atoms with Crippen LogP contribution in [0, 0.1) is 5.92 Å². The van der Waals surface area contributed by atoms with E-state index in [9.17, 15) is 0 Å². The molecule has 4 N–H and O–H groups in total. The highest BCUT2D eigenvalue weighted by Crippen LogP contribution is 2.21. The summed E-state index contributed by atoms with van der Waals surface area (Å²) < 4.78 is 0. The van der Waals surface area contributed by atoms with Gasteiger partial charge >= 0.3 is 0 Å². The summed E-state index contributed by atoms with van der Waals surface area (Å²) in [4.78, 5) is 0. The molecule has 0 aliphatic carbocycles. The molecule has 0 heterocycles. The molecular formula is C9H22N2. The fourth-order valence-corrected chi connectivity index (χ4v) is 1.25. The van der Waals surface area contributed by atoms with E-state index in [0.29, 0.717) is 5.92 Å². The van der Waals surface area contributed by atoms with Crippen molar-refractivity contribution in [1.29, 1.82) is 0 Å². The molecule has 3 unspecified atom stereocenters. The smallest absolute Gasteiger partial charge is 0.0304 e. The summed E-state index contributed by atoms with van der Waals surface area (Å²) >= 11 is 0. The molecule has 0 aromatic heterocycles. The Balaban J connectivity index is 4.18. The van der Waals surface area contributed by atoms with Gasteiger partial charge in [-0.1, -0.05) is 27.2 Å². The van der Waals surface area contributed by atoms with E-state index in [1.165, 1.54) is 0 Å². The Hall–Kier alpha value is -0.0800. The van der Waals surface area contributed by atoms with Gasteiger partial charge in [0.1, 0.15) is 0 Å². The van der Waals surface area contributed by atoms with Gasteiger partial charge in [0.2, 0.25) is 0 Å². The molecule has 0 amide bonds. The molecule has 3 atom stereocenters. The Labute approximate surface area is 70.3 Å². The summed E-state index contributed by atoms with van der Waals surface area (Å²) in [6, 6.07) is 0.123. The zero-order chi connectivity index (χ0) is 9.07. The van der Waals surface area contributed by atoms with Crippen molar-refractivity contribution in [2.24, 2.45) is 17.4 Å². The lowest BCUT2D eigenvalue weighted by molar-refractivity contribution is 0.251. The second-order valence-electron chi connectivity index (χ2n) is 3.69. The molecule has 0 aromatic rings. The highest BCUT2D eigenvalue weighted by molar-refractivity contribution is 4.92. The highest BCUT2D eigenvalue weighted by atomic mass is 14.8. The van der Waals surface area contributed by atoms with Gasteiger partial charge in [0.05, 0.1) is 0 Å². The minimum absolute atomic E-state index is 0.123. The van der Waals surface area contributed by atoms with Crippen molar-refractivity contribution < 1.29 is 0 Å². The molecular weight excluding hydrogens is 136 g/mol. The first-order valence-electron chi connectivity index (χ1n) is 4.51. The molecule has 0 saturated carbocycles. The molecule has 0 aromatic carbocycles. The zero-order valence-corrected chi connectivity index (χ0v) is 8.22. The number of rotatable bonds is 4. The number of nitrogens with two attached hydrogens (primary N) is 2. The second-order valence-corrected chi connectivity index (χ2v) is 3.69. The predicted octanol–water partition coefficient (Wildman–Crippen LogP) is 1.49. The van der Waals surface area contributed by atoms with Crippen molar-refractivity contribution in [2.45, 2.75) is 52.1 Å². The molecule has 0 aliphatic heterocycles. The third kappa shape index (κ3) is 2.46. The molecule has 0 fully saturated rings. The SMILES string of the molecule is CCC(C)C(C)(N)C(N)CC. The molecule has 0 aliphatic rings. The van der Waals surface area contributed by atoms with Gasteiger partial charge in [0.25, 0.3) is 0 Å². The third-order valence-electron chi connectivity index (χ3n) is 2.91. The van der Waals surface area contributed by atoms with Gasteiger partial charge < -0.3 is 11.5 Å². The van der Waals surface area contributed by atoms with Crippen LogP contribution in [0.3, 0.4) is 0 Å². The lowest BCUT2D eigenvalue weighted by Gasteiger charge is -2.36. The van der Waals surface area contributed by atoms with E-state index >= 15 is 0 Å². The highest BCUT2D eigenvalue weighted by Gasteiger charge is 2.30. The molecule has 0 bridgehead atoms. The van der Waals surface area contributed by atoms with Crippen LogP contribution >= 0.6 is 0 Å². The van der Waals surface area contributed by atoms with Gasteiger partial charge in [-0.2, -0.15) is 0 Å². The maximum absolute atomic E-state index is 6.10. The lowest BCUT2D eigenvalue weighted by atomic mass is 9.79. The standard InChI is InChI=1S/C9H22N2/c1-5-7(3)9(4,11)8(10)6-2/h7-8H,5-6,10-11H2,1-4H3. The first kappa shape index (κ1) is 10.9. The molecule has 0 spiro atoms. The lowest BCUT2D eigenvalue weighted by Crippen LogP contribution is -2.56. The third-order valence-corrected chi connectivity index (χ3v) is 2.91. The predicted molar refractivity (Wildman–Crippen MR) is 50.3 cm³/mol. The van der Waals surface area contributed by atoms with E-state index < -0.39 is 0 Å². The maximum Gasteiger partial charge on any atom is 0.0304 e. The van der Waals surface area contributed by atoms with E-state index in [1.807, 2.05) is 0 Å². The maximum atomic E-state index is 6.10. The van der Waals surface area contributed by atoms with Crippen LogP contribution in [0.5, 0.6) is 0 Å². The van der Waals surface area contributed by atoms with Gasteiger partial charge in [0.15, 0.2) is 0 Å². The van der Waals surface area contributed by atoms with Crippen LogP contribution in [-0.4, -0.2) is 11.6 Å². The average molecular weight is 158 g/mol. The number of hydrogen-bond donors (Lipinski definition) is 2. The van der Waals surface area contributed by atoms with Crippen molar-refractivity contribution in [2.75, 3.05) is 0 Å². The van der Waals surface area contributed by atoms with Crippen molar-refractivity contribution in [3.63, 3.8) is 0 Å². The van der Waals surface area contributed by atoms with Crippen LogP contribution in [0.15, 0.2) is 0 Å². The molecule has 11 heavy (non-hydrogen) atoms. The Bertz CT molecular complexity index is 98.1. The monoisotopic (exact) mass is 158 g/mol. The summed E-state index contributed by atoms with van der Waals surface area (Å²) in [5.74, 6) is 0.498. The fraction of sp³-hybridized carbons (Fsp3) is 1.00. The Morgan fingerprint density at radius 3 is 2.00 bits per heavy atom. The van der Waals surface area contributed by atoms with E-state index in [0.717, 1.165) is 12.8 Å². The van der Waals surface area contributed by atoms with Gasteiger partial charge in [-0.3, -0.25) is 0 Å². The molecule has 0 rings (SSSR count). The summed E-state index contributed by atoms with van der Waals surface area (Å²) in [7, 11) is 0. The van der Waals surface area contributed by atoms with Gasteiger partial charge in [0, 0.05) is 11.6 Å². The first-order valence-corrected chi connectivity index (χ1v) is 4.51. The minimum atomic E-state index is -0.205. The molecule has 0 saturated heterocycles. The van der Waals surface area contributed by atoms with Crippen LogP contribution in [0.4, 0.5) is 0 Å². The van der Waals surface area contributed by atoms with Crippen molar-refractivity contribution in [1.82, 2.24) is 0 Å². The summed E-state index contributed by atoms with van der Waals surface area (Å²) in [6.45, 7) is 8.45. The van der Waals surface area contributed by atoms with Gasteiger partial charge in [-0.15, -0.1) is 0 Å². The van der Waals surface area contributed by atoms with Crippen LogP contribution in [0.1, 0.15) is 40.5 Å².